The van der Waals surface area contributed by atoms with Crippen LogP contribution in [0.4, 0.5) is 19.3 Å². The number of halogens is 3. The quantitative estimate of drug-likeness (QED) is 0.655. The zero-order valence-corrected chi connectivity index (χ0v) is 11.5. The van der Waals surface area contributed by atoms with Crippen LogP contribution in [0.3, 0.4) is 0 Å². The number of nitrogens with zero attached hydrogens (tertiary/aromatic N) is 1. The van der Waals surface area contributed by atoms with E-state index in [2.05, 4.69) is 4.74 Å². The van der Waals surface area contributed by atoms with Crippen LogP contribution in [0.2, 0.25) is 0 Å². The van der Waals surface area contributed by atoms with E-state index in [9.17, 15) is 23.7 Å². The Bertz CT molecular complexity index is 641. The van der Waals surface area contributed by atoms with Crippen molar-refractivity contribution in [1.29, 1.82) is 0 Å². The fourth-order valence-electron chi connectivity index (χ4n) is 2.15. The van der Waals surface area contributed by atoms with E-state index in [0.29, 0.717) is 0 Å². The van der Waals surface area contributed by atoms with Gasteiger partial charge in [0.1, 0.15) is 6.04 Å². The molecule has 0 radical (unpaired) electrons. The third-order valence-electron chi connectivity index (χ3n) is 3.11. The van der Waals surface area contributed by atoms with Crippen molar-refractivity contribution in [2.45, 2.75) is 12.0 Å². The Morgan fingerprint density at radius 2 is 1.91 bits per heavy atom. The van der Waals surface area contributed by atoms with Crippen molar-refractivity contribution >= 4 is 24.2 Å². The number of benzene rings is 1. The molecule has 0 aliphatic carbocycles. The summed E-state index contributed by atoms with van der Waals surface area (Å²) in [6, 6.07) is 0.189. The average molecular weight is 339 g/mol. The van der Waals surface area contributed by atoms with Crippen LogP contribution >= 0.6 is 12.4 Å². The second-order valence-electron chi connectivity index (χ2n) is 4.44. The molecular weight excluding hydrogens is 330 g/mol. The van der Waals surface area contributed by atoms with E-state index in [4.69, 9.17) is 9.47 Å². The molecule has 2 aliphatic rings. The Labute approximate surface area is 127 Å². The molecule has 0 aromatic heterocycles. The van der Waals surface area contributed by atoms with Crippen molar-refractivity contribution < 1.29 is 32.7 Å². The number of rotatable bonds is 2. The molecule has 1 aromatic carbocycles. The van der Waals surface area contributed by atoms with Gasteiger partial charge >= 0.3 is 12.0 Å². The standard InChI is InChI=1S/C11H8F2N2O6.ClH/c12-11(13)3-19-10(16)14-9(11)5-1-7-8(21-4-20-7)2-6(5)15(17)18;/h1-2,9H,3-4H2,(H,14,16);1H/t9-;/m1./s1. The van der Waals surface area contributed by atoms with Crippen LogP contribution in [0, 0.1) is 10.1 Å². The van der Waals surface area contributed by atoms with Gasteiger partial charge in [-0.25, -0.2) is 13.6 Å². The second-order valence-corrected chi connectivity index (χ2v) is 4.44. The number of nitro groups is 1. The first-order valence-electron chi connectivity index (χ1n) is 5.77. The molecule has 1 saturated heterocycles. The molecule has 0 unspecified atom stereocenters. The van der Waals surface area contributed by atoms with E-state index in [-0.39, 0.29) is 36.3 Å². The van der Waals surface area contributed by atoms with Gasteiger partial charge in [-0.05, 0) is 6.07 Å². The van der Waals surface area contributed by atoms with Crippen molar-refractivity contribution in [2.24, 2.45) is 0 Å². The zero-order valence-electron chi connectivity index (χ0n) is 10.7. The Morgan fingerprint density at radius 3 is 2.55 bits per heavy atom. The summed E-state index contributed by atoms with van der Waals surface area (Å²) in [5.41, 5.74) is -0.961. The van der Waals surface area contributed by atoms with Crippen molar-refractivity contribution in [3.63, 3.8) is 0 Å². The summed E-state index contributed by atoms with van der Waals surface area (Å²) >= 11 is 0. The number of amides is 1. The van der Waals surface area contributed by atoms with Gasteiger partial charge < -0.3 is 19.5 Å². The summed E-state index contributed by atoms with van der Waals surface area (Å²) in [5.74, 6) is -3.30. The smallest absolute Gasteiger partial charge is 0.408 e. The number of alkyl carbamates (subject to hydrolysis) is 1. The van der Waals surface area contributed by atoms with Crippen LogP contribution in [0.15, 0.2) is 12.1 Å². The van der Waals surface area contributed by atoms with Crippen LogP contribution in [0.5, 0.6) is 11.5 Å². The fraction of sp³-hybridized carbons (Fsp3) is 0.364. The molecule has 3 rings (SSSR count). The van der Waals surface area contributed by atoms with Crippen LogP contribution in [-0.2, 0) is 4.74 Å². The van der Waals surface area contributed by atoms with Gasteiger partial charge in [0.2, 0.25) is 6.79 Å². The number of cyclic esters (lactones) is 1. The van der Waals surface area contributed by atoms with Crippen molar-refractivity contribution in [1.82, 2.24) is 5.32 Å². The first kappa shape index (κ1) is 16.0. The summed E-state index contributed by atoms with van der Waals surface area (Å²) in [5, 5.41) is 13.0. The minimum Gasteiger partial charge on any atom is -0.454 e. The highest BCUT2D eigenvalue weighted by molar-refractivity contribution is 5.85. The van der Waals surface area contributed by atoms with E-state index in [1.54, 1.807) is 0 Å². The van der Waals surface area contributed by atoms with Crippen LogP contribution in [-0.4, -0.2) is 30.3 Å². The maximum atomic E-state index is 13.9. The molecule has 2 aliphatic heterocycles. The minimum atomic E-state index is -3.49. The summed E-state index contributed by atoms with van der Waals surface area (Å²) < 4.78 is 42.0. The Morgan fingerprint density at radius 1 is 1.27 bits per heavy atom. The lowest BCUT2D eigenvalue weighted by Crippen LogP contribution is -2.49. The van der Waals surface area contributed by atoms with E-state index >= 15 is 0 Å². The molecule has 1 atom stereocenters. The van der Waals surface area contributed by atoms with Crippen molar-refractivity contribution in [2.75, 3.05) is 13.4 Å². The molecule has 1 fully saturated rings. The van der Waals surface area contributed by atoms with Gasteiger partial charge in [-0.15, -0.1) is 12.4 Å². The number of nitrogens with one attached hydrogen (secondary N) is 1. The van der Waals surface area contributed by atoms with Crippen molar-refractivity contribution in [3.8, 4) is 11.5 Å². The van der Waals surface area contributed by atoms with E-state index < -0.39 is 35.3 Å². The third-order valence-corrected chi connectivity index (χ3v) is 3.11. The Kier molecular flexibility index (Phi) is 3.96. The lowest BCUT2D eigenvalue weighted by atomic mass is 9.97. The van der Waals surface area contributed by atoms with Crippen molar-refractivity contribution in [3.05, 3.63) is 27.8 Å². The summed E-state index contributed by atoms with van der Waals surface area (Å²) in [4.78, 5) is 21.4. The number of carbonyl (C=O) groups excluding carboxylic acids is 1. The monoisotopic (exact) mass is 338 g/mol. The minimum absolute atomic E-state index is 0. The van der Waals surface area contributed by atoms with Gasteiger partial charge in [-0.3, -0.25) is 10.1 Å². The first-order chi connectivity index (χ1) is 9.88. The lowest BCUT2D eigenvalue weighted by Gasteiger charge is -2.31. The molecule has 8 nitrogen and oxygen atoms in total. The number of hydrogen-bond donors (Lipinski definition) is 1. The fourth-order valence-corrected chi connectivity index (χ4v) is 2.15. The summed E-state index contributed by atoms with van der Waals surface area (Å²) in [6.07, 6.45) is -1.07. The number of carbonyl (C=O) groups is 1. The molecule has 0 saturated carbocycles. The van der Waals surface area contributed by atoms with E-state index in [1.807, 2.05) is 5.32 Å². The molecule has 1 N–H and O–H groups in total. The normalized spacial score (nSPS) is 21.4. The highest BCUT2D eigenvalue weighted by Crippen LogP contribution is 2.44. The molecule has 1 aromatic rings. The topological polar surface area (TPSA) is 99.9 Å². The zero-order chi connectivity index (χ0) is 15.2. The first-order valence-corrected chi connectivity index (χ1v) is 5.77. The van der Waals surface area contributed by atoms with Gasteiger partial charge in [-0.1, -0.05) is 0 Å². The van der Waals surface area contributed by atoms with Gasteiger partial charge in [0.05, 0.1) is 16.6 Å². The molecule has 120 valence electrons. The lowest BCUT2D eigenvalue weighted by molar-refractivity contribution is -0.386. The predicted molar refractivity (Wildman–Crippen MR) is 68.6 cm³/mol. The number of fused-ring (bicyclic) bond motifs is 1. The number of nitro benzene ring substituents is 1. The highest BCUT2D eigenvalue weighted by Gasteiger charge is 2.49. The van der Waals surface area contributed by atoms with Crippen LogP contribution < -0.4 is 14.8 Å². The third kappa shape index (κ3) is 2.56. The SMILES string of the molecule is Cl.O=C1N[C@H](c2cc3c(cc2[N+](=O)[O-])OCO3)C(F)(F)CO1. The van der Waals surface area contributed by atoms with E-state index in [1.165, 1.54) is 0 Å². The predicted octanol–water partition coefficient (Wildman–Crippen LogP) is 2.16. The van der Waals surface area contributed by atoms with Gasteiger partial charge in [0, 0.05) is 0 Å². The Hall–Kier alpha value is -2.36. The van der Waals surface area contributed by atoms with Crippen LogP contribution in [0.1, 0.15) is 11.6 Å². The summed E-state index contributed by atoms with van der Waals surface area (Å²) in [6.45, 7) is -1.32. The largest absolute Gasteiger partial charge is 0.454 e. The van der Waals surface area contributed by atoms with Gasteiger partial charge in [-0.2, -0.15) is 0 Å². The van der Waals surface area contributed by atoms with Gasteiger partial charge in [0.15, 0.2) is 18.1 Å². The molecule has 2 heterocycles. The number of ether oxygens (including phenoxy) is 3. The summed E-state index contributed by atoms with van der Waals surface area (Å²) in [7, 11) is 0. The molecule has 0 bridgehead atoms. The Balaban J connectivity index is 0.00000176. The van der Waals surface area contributed by atoms with Crippen LogP contribution in [0.25, 0.3) is 0 Å². The molecule has 0 spiro atoms. The maximum Gasteiger partial charge on any atom is 0.408 e. The molecule has 11 heteroatoms. The molecule has 22 heavy (non-hydrogen) atoms. The maximum absolute atomic E-state index is 13.9. The molecular formula is C11H9ClF2N2O6. The molecule has 1 amide bonds. The highest BCUT2D eigenvalue weighted by atomic mass is 35.5. The van der Waals surface area contributed by atoms with E-state index in [0.717, 1.165) is 12.1 Å². The number of alkyl halides is 2. The second kappa shape index (κ2) is 5.44. The average Bonchev–Trinajstić information content (AvgIpc) is 2.87. The van der Waals surface area contributed by atoms with Gasteiger partial charge in [0.25, 0.3) is 5.69 Å². The number of hydrogen-bond acceptors (Lipinski definition) is 6.